The van der Waals surface area contributed by atoms with Crippen molar-refractivity contribution in [1.82, 2.24) is 0 Å². The van der Waals surface area contributed by atoms with Crippen molar-refractivity contribution in [2.75, 3.05) is 13.2 Å². The van der Waals surface area contributed by atoms with Crippen LogP contribution in [0.25, 0.3) is 0 Å². The van der Waals surface area contributed by atoms with Crippen molar-refractivity contribution in [2.45, 2.75) is 316 Å². The van der Waals surface area contributed by atoms with E-state index >= 15 is 0 Å². The summed E-state index contributed by atoms with van der Waals surface area (Å²) < 4.78 is 16.9. The highest BCUT2D eigenvalue weighted by Crippen LogP contribution is 2.16. The second-order valence-corrected chi connectivity index (χ2v) is 22.0. The molecular weight excluding hydrogens is 985 g/mol. The third-order valence-electron chi connectivity index (χ3n) is 14.2. The molecule has 456 valence electrons. The van der Waals surface area contributed by atoms with Gasteiger partial charge in [0.15, 0.2) is 6.10 Å². The quantitative estimate of drug-likeness (QED) is 0.0261. The van der Waals surface area contributed by atoms with Crippen molar-refractivity contribution in [1.29, 1.82) is 0 Å². The van der Waals surface area contributed by atoms with E-state index in [4.69, 9.17) is 14.2 Å². The predicted octanol–water partition coefficient (Wildman–Crippen LogP) is 23.2. The van der Waals surface area contributed by atoms with E-state index in [1.54, 1.807) is 0 Å². The number of allylic oxidation sites excluding steroid dienone is 20. The van der Waals surface area contributed by atoms with Gasteiger partial charge in [-0.3, -0.25) is 14.4 Å². The van der Waals surface area contributed by atoms with Gasteiger partial charge in [-0.25, -0.2) is 0 Å². The van der Waals surface area contributed by atoms with Crippen LogP contribution in [0.2, 0.25) is 0 Å². The molecule has 0 N–H and O–H groups in total. The standard InChI is InChI=1S/C74H124O6/c1-4-7-10-13-16-19-22-25-28-30-31-32-33-34-35-36-37-38-39-40-41-42-43-44-47-49-52-55-58-61-64-67-73(76)79-70-71(69-78-72(75)66-63-60-57-54-51-48-45-27-24-21-18-15-12-9-6-3)80-74(77)68-65-62-59-56-53-50-46-29-26-23-20-17-14-11-8-5-2/h7,10,16,19,25,27-28,31-32,34-35,37-38,40-41,43-45,49,52,71H,4-6,8-9,11-15,17-18,20-24,26,29-30,33,36,39,42,46-48,50-51,53-70H2,1-3H3/b10-7-,19-16-,28-25-,32-31-,35-34-,38-37-,41-40-,44-43-,45-27-,52-49-. The Morgan fingerprint density at radius 3 is 0.787 bits per heavy atom. The minimum Gasteiger partial charge on any atom is -0.462 e. The highest BCUT2D eigenvalue weighted by Gasteiger charge is 2.19. The molecule has 0 heterocycles. The van der Waals surface area contributed by atoms with Gasteiger partial charge in [0.05, 0.1) is 0 Å². The lowest BCUT2D eigenvalue weighted by Gasteiger charge is -2.18. The van der Waals surface area contributed by atoms with Gasteiger partial charge in [0.2, 0.25) is 0 Å². The SMILES string of the molecule is CC/C=C\C/C=C\C/C=C\C/C=C\C/C=C\C/C=C\C/C=C\C/C=C\C/C=C\CCCCCC(=O)OCC(COC(=O)CCCCCCC/C=C\CCCCCCCC)OC(=O)CCCCCCCCCCCCCCCCCC. The summed E-state index contributed by atoms with van der Waals surface area (Å²) in [6, 6.07) is 0. The Morgan fingerprint density at radius 1 is 0.263 bits per heavy atom. The van der Waals surface area contributed by atoms with Gasteiger partial charge < -0.3 is 14.2 Å². The Morgan fingerprint density at radius 2 is 0.487 bits per heavy atom. The van der Waals surface area contributed by atoms with Gasteiger partial charge in [-0.2, -0.15) is 0 Å². The molecule has 0 aromatic carbocycles. The number of hydrogen-bond donors (Lipinski definition) is 0. The topological polar surface area (TPSA) is 78.9 Å². The Bertz CT molecular complexity index is 1650. The van der Waals surface area contributed by atoms with Gasteiger partial charge in [0.25, 0.3) is 0 Å². The van der Waals surface area contributed by atoms with Crippen molar-refractivity contribution in [3.05, 3.63) is 122 Å². The third kappa shape index (κ3) is 64.6. The number of carbonyl (C=O) groups excluding carboxylic acids is 3. The lowest BCUT2D eigenvalue weighted by molar-refractivity contribution is -0.167. The van der Waals surface area contributed by atoms with Crippen LogP contribution >= 0.6 is 0 Å². The largest absolute Gasteiger partial charge is 0.462 e. The summed E-state index contributed by atoms with van der Waals surface area (Å²) in [6.07, 6.45) is 93.5. The Kier molecular flexibility index (Phi) is 63.8. The van der Waals surface area contributed by atoms with Crippen LogP contribution in [0.15, 0.2) is 122 Å². The summed E-state index contributed by atoms with van der Waals surface area (Å²) in [5.74, 6) is -0.924. The molecule has 0 aliphatic heterocycles. The average Bonchev–Trinajstić information content (AvgIpc) is 3.46. The van der Waals surface area contributed by atoms with Crippen LogP contribution in [0.4, 0.5) is 0 Å². The van der Waals surface area contributed by atoms with Crippen LogP contribution in [0, 0.1) is 0 Å². The van der Waals surface area contributed by atoms with Crippen LogP contribution in [-0.2, 0) is 28.6 Å². The Balaban J connectivity index is 4.39. The molecule has 0 saturated heterocycles. The Hall–Kier alpha value is -4.19. The molecule has 1 unspecified atom stereocenters. The summed E-state index contributed by atoms with van der Waals surface area (Å²) in [5, 5.41) is 0. The fourth-order valence-electron chi connectivity index (χ4n) is 9.20. The second kappa shape index (κ2) is 67.3. The molecule has 0 rings (SSSR count). The number of hydrogen-bond acceptors (Lipinski definition) is 6. The van der Waals surface area contributed by atoms with Crippen LogP contribution in [-0.4, -0.2) is 37.2 Å². The smallest absolute Gasteiger partial charge is 0.306 e. The van der Waals surface area contributed by atoms with E-state index in [9.17, 15) is 14.4 Å². The normalized spacial score (nSPS) is 12.9. The number of rotatable bonds is 60. The van der Waals surface area contributed by atoms with Gasteiger partial charge in [-0.1, -0.05) is 296 Å². The lowest BCUT2D eigenvalue weighted by atomic mass is 10.0. The number of unbranched alkanes of at least 4 members (excludes halogenated alkanes) is 29. The maximum absolute atomic E-state index is 12.9. The molecule has 0 aliphatic rings. The number of ether oxygens (including phenoxy) is 3. The summed E-state index contributed by atoms with van der Waals surface area (Å²) >= 11 is 0. The highest BCUT2D eigenvalue weighted by molar-refractivity contribution is 5.71. The molecule has 0 aromatic rings. The molecule has 0 radical (unpaired) electrons. The van der Waals surface area contributed by atoms with Crippen LogP contribution in [0.5, 0.6) is 0 Å². The van der Waals surface area contributed by atoms with Crippen molar-refractivity contribution in [2.24, 2.45) is 0 Å². The molecule has 0 bridgehead atoms. The fourth-order valence-corrected chi connectivity index (χ4v) is 9.20. The molecule has 0 saturated carbocycles. The minimum atomic E-state index is -0.797. The summed E-state index contributed by atoms with van der Waals surface area (Å²) in [7, 11) is 0. The first-order valence-corrected chi connectivity index (χ1v) is 33.5. The van der Waals surface area contributed by atoms with Gasteiger partial charge in [-0.05, 0) is 116 Å². The molecule has 80 heavy (non-hydrogen) atoms. The second-order valence-electron chi connectivity index (χ2n) is 22.0. The zero-order valence-electron chi connectivity index (χ0n) is 52.3. The van der Waals surface area contributed by atoms with Gasteiger partial charge in [-0.15, -0.1) is 0 Å². The van der Waals surface area contributed by atoms with Crippen LogP contribution < -0.4 is 0 Å². The van der Waals surface area contributed by atoms with Gasteiger partial charge in [0, 0.05) is 19.3 Å². The van der Waals surface area contributed by atoms with E-state index in [0.717, 1.165) is 128 Å². The summed E-state index contributed by atoms with van der Waals surface area (Å²) in [4.78, 5) is 38.3. The molecule has 0 fully saturated rings. The number of esters is 3. The van der Waals surface area contributed by atoms with Crippen molar-refractivity contribution >= 4 is 17.9 Å². The highest BCUT2D eigenvalue weighted by atomic mass is 16.6. The monoisotopic (exact) mass is 1110 g/mol. The molecule has 0 aliphatic carbocycles. The van der Waals surface area contributed by atoms with Crippen LogP contribution in [0.3, 0.4) is 0 Å². The van der Waals surface area contributed by atoms with Gasteiger partial charge >= 0.3 is 17.9 Å². The summed E-state index contributed by atoms with van der Waals surface area (Å²) in [6.45, 7) is 6.51. The van der Waals surface area contributed by atoms with E-state index in [1.165, 1.54) is 141 Å². The van der Waals surface area contributed by atoms with E-state index in [0.29, 0.717) is 19.3 Å². The third-order valence-corrected chi connectivity index (χ3v) is 14.2. The molecule has 0 amide bonds. The molecule has 1 atom stereocenters. The molecule has 0 aromatic heterocycles. The van der Waals surface area contributed by atoms with E-state index in [-0.39, 0.29) is 31.1 Å². The first-order valence-electron chi connectivity index (χ1n) is 33.5. The van der Waals surface area contributed by atoms with Crippen molar-refractivity contribution in [3.8, 4) is 0 Å². The van der Waals surface area contributed by atoms with E-state index < -0.39 is 6.10 Å². The molecule has 6 nitrogen and oxygen atoms in total. The fraction of sp³-hybridized carbons (Fsp3) is 0.689. The minimum absolute atomic E-state index is 0.0921. The predicted molar refractivity (Wildman–Crippen MR) is 348 cm³/mol. The van der Waals surface area contributed by atoms with Gasteiger partial charge in [0.1, 0.15) is 13.2 Å². The Labute approximate surface area is 494 Å². The first-order chi connectivity index (χ1) is 39.5. The summed E-state index contributed by atoms with van der Waals surface area (Å²) in [5.41, 5.74) is 0. The van der Waals surface area contributed by atoms with Crippen LogP contribution in [0.1, 0.15) is 310 Å². The zero-order chi connectivity index (χ0) is 57.8. The lowest BCUT2D eigenvalue weighted by Crippen LogP contribution is -2.30. The maximum Gasteiger partial charge on any atom is 0.306 e. The first kappa shape index (κ1) is 75.8. The number of carbonyl (C=O) groups is 3. The van der Waals surface area contributed by atoms with E-state index in [1.807, 2.05) is 0 Å². The molecular formula is C74H124O6. The van der Waals surface area contributed by atoms with Crippen molar-refractivity contribution in [3.63, 3.8) is 0 Å². The van der Waals surface area contributed by atoms with E-state index in [2.05, 4.69) is 142 Å². The zero-order valence-corrected chi connectivity index (χ0v) is 52.3. The average molecular weight is 1110 g/mol. The molecule has 0 spiro atoms. The molecule has 6 heteroatoms. The van der Waals surface area contributed by atoms with Crippen molar-refractivity contribution < 1.29 is 28.6 Å². The maximum atomic E-state index is 12.9.